The van der Waals surface area contributed by atoms with Gasteiger partial charge in [-0.05, 0) is 24.6 Å². The lowest BCUT2D eigenvalue weighted by atomic mass is 10.1. The van der Waals surface area contributed by atoms with Gasteiger partial charge in [-0.2, -0.15) is 8.42 Å². The Morgan fingerprint density at radius 1 is 1.05 bits per heavy atom. The molecule has 0 aliphatic heterocycles. The first kappa shape index (κ1) is 16.1. The molecule has 0 aromatic heterocycles. The summed E-state index contributed by atoms with van der Waals surface area (Å²) in [7, 11) is -4.28. The molecule has 1 rings (SSSR count). The monoisotopic (exact) mass is 304 g/mol. The molecule has 110 valence electrons. The van der Waals surface area contributed by atoms with Gasteiger partial charge in [-0.3, -0.25) is 4.18 Å². The van der Waals surface area contributed by atoms with E-state index in [1.54, 1.807) is 0 Å². The predicted molar refractivity (Wildman–Crippen MR) is 65.2 cm³/mol. The van der Waals surface area contributed by atoms with E-state index in [1.165, 1.54) is 0 Å². The van der Waals surface area contributed by atoms with Gasteiger partial charge < -0.3 is 15.3 Å². The largest absolute Gasteiger partial charge is 0.478 e. The minimum atomic E-state index is -4.28. The lowest BCUT2D eigenvalue weighted by Gasteiger charge is -2.07. The molecule has 0 bridgehead atoms. The van der Waals surface area contributed by atoms with E-state index in [2.05, 4.69) is 4.18 Å². The van der Waals surface area contributed by atoms with Crippen molar-refractivity contribution in [1.29, 1.82) is 0 Å². The van der Waals surface area contributed by atoms with Crippen molar-refractivity contribution in [2.24, 2.45) is 0 Å². The molecular weight excluding hydrogens is 292 g/mol. The lowest BCUT2D eigenvalue weighted by molar-refractivity contribution is 0.0696. The molecule has 9 heteroatoms. The van der Waals surface area contributed by atoms with Gasteiger partial charge in [0, 0.05) is 6.61 Å². The van der Waals surface area contributed by atoms with Crippen molar-refractivity contribution in [2.75, 3.05) is 13.2 Å². The minimum Gasteiger partial charge on any atom is -0.478 e. The maximum Gasteiger partial charge on any atom is 0.335 e. The number of rotatable bonds is 7. The van der Waals surface area contributed by atoms with Crippen molar-refractivity contribution in [3.8, 4) is 0 Å². The average molecular weight is 304 g/mol. The first-order valence-corrected chi connectivity index (χ1v) is 6.80. The van der Waals surface area contributed by atoms with E-state index in [-0.39, 0.29) is 19.6 Å². The Bertz CT molecular complexity index is 587. The normalized spacial score (nSPS) is 11.2. The minimum absolute atomic E-state index is 0.0731. The number of benzene rings is 1. The fourth-order valence-electron chi connectivity index (χ4n) is 1.29. The fraction of sp³-hybridized carbons (Fsp3) is 0.273. The summed E-state index contributed by atoms with van der Waals surface area (Å²) >= 11 is 0. The molecule has 0 aliphatic carbocycles. The molecule has 0 atom stereocenters. The summed E-state index contributed by atoms with van der Waals surface area (Å²) in [5.41, 5.74) is -0.955. The van der Waals surface area contributed by atoms with Crippen LogP contribution in [0.25, 0.3) is 0 Å². The summed E-state index contributed by atoms with van der Waals surface area (Å²) < 4.78 is 28.1. The van der Waals surface area contributed by atoms with Crippen LogP contribution < -0.4 is 0 Å². The van der Waals surface area contributed by atoms with E-state index >= 15 is 0 Å². The van der Waals surface area contributed by atoms with Crippen LogP contribution in [0.3, 0.4) is 0 Å². The van der Waals surface area contributed by atoms with Gasteiger partial charge in [0.25, 0.3) is 10.1 Å². The second-order valence-corrected chi connectivity index (χ2v) is 5.32. The van der Waals surface area contributed by atoms with E-state index < -0.39 is 38.1 Å². The quantitative estimate of drug-likeness (QED) is 0.478. The highest BCUT2D eigenvalue weighted by atomic mass is 32.2. The van der Waals surface area contributed by atoms with Crippen LogP contribution in [0.2, 0.25) is 0 Å². The molecule has 0 saturated heterocycles. The third-order valence-corrected chi connectivity index (χ3v) is 3.52. The van der Waals surface area contributed by atoms with E-state index in [4.69, 9.17) is 15.3 Å². The van der Waals surface area contributed by atoms with Crippen molar-refractivity contribution < 1.29 is 37.5 Å². The highest BCUT2D eigenvalue weighted by Crippen LogP contribution is 2.18. The second-order valence-electron chi connectivity index (χ2n) is 3.71. The van der Waals surface area contributed by atoms with Gasteiger partial charge in [-0.25, -0.2) is 9.59 Å². The first-order chi connectivity index (χ1) is 9.27. The zero-order valence-corrected chi connectivity index (χ0v) is 11.0. The van der Waals surface area contributed by atoms with Gasteiger partial charge in [0.05, 0.1) is 22.6 Å². The number of carbonyl (C=O) groups is 2. The fourth-order valence-corrected chi connectivity index (χ4v) is 2.31. The average Bonchev–Trinajstić information content (AvgIpc) is 2.38. The molecule has 0 amide bonds. The van der Waals surface area contributed by atoms with Gasteiger partial charge in [0.1, 0.15) is 0 Å². The van der Waals surface area contributed by atoms with E-state index in [1.807, 2.05) is 0 Å². The Labute approximate surface area is 114 Å². The Hall–Kier alpha value is -1.97. The predicted octanol–water partition coefficient (Wildman–Crippen LogP) is 0.171. The van der Waals surface area contributed by atoms with Gasteiger partial charge in [0.15, 0.2) is 0 Å². The zero-order valence-electron chi connectivity index (χ0n) is 10.1. The van der Waals surface area contributed by atoms with Crippen LogP contribution in [0.15, 0.2) is 23.1 Å². The topological polar surface area (TPSA) is 138 Å². The van der Waals surface area contributed by atoms with Gasteiger partial charge in [-0.15, -0.1) is 0 Å². The number of aromatic carboxylic acids is 2. The van der Waals surface area contributed by atoms with Crippen LogP contribution in [0.1, 0.15) is 27.1 Å². The summed E-state index contributed by atoms with van der Waals surface area (Å²) in [6.07, 6.45) is 0.0731. The molecule has 8 nitrogen and oxygen atoms in total. The summed E-state index contributed by atoms with van der Waals surface area (Å²) in [6.45, 7) is -0.566. The standard InChI is InChI=1S/C11H12O8S/c12-2-1-3-19-20(17,18)9-5-7(10(13)14)4-8(6-9)11(15)16/h4-6,12H,1-3H2,(H,13,14)(H,15,16). The first-order valence-electron chi connectivity index (χ1n) is 5.40. The molecule has 1 aromatic rings. The highest BCUT2D eigenvalue weighted by molar-refractivity contribution is 7.86. The number of carboxylic acids is 2. The lowest BCUT2D eigenvalue weighted by Crippen LogP contribution is -2.11. The molecular formula is C11H12O8S. The summed E-state index contributed by atoms with van der Waals surface area (Å²) in [5, 5.41) is 26.2. The van der Waals surface area contributed by atoms with Crippen LogP contribution in [0.5, 0.6) is 0 Å². The Morgan fingerprint density at radius 3 is 1.95 bits per heavy atom. The summed E-state index contributed by atoms with van der Waals surface area (Å²) in [4.78, 5) is 21.1. The highest BCUT2D eigenvalue weighted by Gasteiger charge is 2.20. The Morgan fingerprint density at radius 2 is 1.55 bits per heavy atom. The third kappa shape index (κ3) is 4.02. The van der Waals surface area contributed by atoms with Gasteiger partial charge >= 0.3 is 11.9 Å². The molecule has 3 N–H and O–H groups in total. The zero-order chi connectivity index (χ0) is 15.3. The molecule has 0 spiro atoms. The second kappa shape index (κ2) is 6.46. The Kier molecular flexibility index (Phi) is 5.19. The van der Waals surface area contributed by atoms with Gasteiger partial charge in [0.2, 0.25) is 0 Å². The molecule has 0 heterocycles. The number of hydrogen-bond donors (Lipinski definition) is 3. The Balaban J connectivity index is 3.22. The van der Waals surface area contributed by atoms with Crippen molar-refractivity contribution in [3.63, 3.8) is 0 Å². The number of aliphatic hydroxyl groups excluding tert-OH is 1. The van der Waals surface area contributed by atoms with E-state index in [0.717, 1.165) is 18.2 Å². The molecule has 0 fully saturated rings. The smallest absolute Gasteiger partial charge is 0.335 e. The van der Waals surface area contributed by atoms with Crippen LogP contribution in [0.4, 0.5) is 0 Å². The molecule has 0 radical (unpaired) electrons. The molecule has 0 saturated carbocycles. The molecule has 1 aromatic carbocycles. The third-order valence-electron chi connectivity index (χ3n) is 2.23. The SMILES string of the molecule is O=C(O)c1cc(C(=O)O)cc(S(=O)(=O)OCCCO)c1. The van der Waals surface area contributed by atoms with E-state index in [9.17, 15) is 18.0 Å². The van der Waals surface area contributed by atoms with E-state index in [0.29, 0.717) is 0 Å². The van der Waals surface area contributed by atoms with Crippen LogP contribution in [-0.2, 0) is 14.3 Å². The van der Waals surface area contributed by atoms with Crippen molar-refractivity contribution in [3.05, 3.63) is 29.3 Å². The van der Waals surface area contributed by atoms with Crippen molar-refractivity contribution in [2.45, 2.75) is 11.3 Å². The number of carboxylic acid groups (broad SMARTS) is 2. The van der Waals surface area contributed by atoms with Gasteiger partial charge in [-0.1, -0.05) is 0 Å². The molecule has 20 heavy (non-hydrogen) atoms. The summed E-state index contributed by atoms with van der Waals surface area (Å²) in [5.74, 6) is -2.92. The van der Waals surface area contributed by atoms with Crippen molar-refractivity contribution >= 4 is 22.1 Å². The summed E-state index contributed by atoms with van der Waals surface area (Å²) in [6, 6.07) is 2.46. The van der Waals surface area contributed by atoms with Crippen LogP contribution in [-0.4, -0.2) is 48.9 Å². The number of hydrogen-bond acceptors (Lipinski definition) is 6. The molecule has 0 unspecified atom stereocenters. The molecule has 0 aliphatic rings. The van der Waals surface area contributed by atoms with Crippen LogP contribution in [0, 0.1) is 0 Å². The van der Waals surface area contributed by atoms with Crippen LogP contribution >= 0.6 is 0 Å². The maximum absolute atomic E-state index is 11.8. The number of aliphatic hydroxyl groups is 1. The van der Waals surface area contributed by atoms with Crippen molar-refractivity contribution in [1.82, 2.24) is 0 Å². The maximum atomic E-state index is 11.8.